The summed E-state index contributed by atoms with van der Waals surface area (Å²) in [6.45, 7) is 5.54. The minimum atomic E-state index is -3.88. The number of carbonyl (C=O) groups excluding carboxylic acids is 2. The summed E-state index contributed by atoms with van der Waals surface area (Å²) in [6.07, 6.45) is 0.950. The zero-order valence-electron chi connectivity index (χ0n) is 18.8. The highest BCUT2D eigenvalue weighted by Gasteiger charge is 2.30. The van der Waals surface area contributed by atoms with Gasteiger partial charge < -0.3 is 10.2 Å². The molecule has 0 fully saturated rings. The molecule has 0 spiro atoms. The van der Waals surface area contributed by atoms with E-state index in [4.69, 9.17) is 0 Å². The van der Waals surface area contributed by atoms with Crippen molar-refractivity contribution in [2.75, 3.05) is 23.7 Å². The number of benzene rings is 2. The fourth-order valence-corrected chi connectivity index (χ4v) is 3.90. The Morgan fingerprint density at radius 3 is 2.25 bits per heavy atom. The third-order valence-electron chi connectivity index (χ3n) is 4.82. The number of nitrogens with one attached hydrogen (secondary N) is 1. The van der Waals surface area contributed by atoms with Crippen molar-refractivity contribution in [1.82, 2.24) is 10.2 Å². The van der Waals surface area contributed by atoms with Gasteiger partial charge in [0.2, 0.25) is 21.8 Å². The van der Waals surface area contributed by atoms with Gasteiger partial charge in [0.05, 0.1) is 11.9 Å². The number of anilines is 1. The Balaban J connectivity index is 2.33. The molecule has 0 radical (unpaired) electrons. The number of hydrogen-bond donors (Lipinski definition) is 1. The molecule has 7 nitrogen and oxygen atoms in total. The second kappa shape index (κ2) is 11.1. The summed E-state index contributed by atoms with van der Waals surface area (Å²) in [7, 11) is -3.88. The molecular weight excluding hydrogens is 433 g/mol. The van der Waals surface area contributed by atoms with Crippen LogP contribution in [-0.4, -0.2) is 50.5 Å². The highest BCUT2D eigenvalue weighted by molar-refractivity contribution is 7.92. The van der Waals surface area contributed by atoms with E-state index < -0.39 is 34.3 Å². The molecule has 2 amide bonds. The maximum Gasteiger partial charge on any atom is 0.244 e. The van der Waals surface area contributed by atoms with Crippen LogP contribution < -0.4 is 9.62 Å². The van der Waals surface area contributed by atoms with Gasteiger partial charge >= 0.3 is 0 Å². The lowest BCUT2D eigenvalue weighted by Gasteiger charge is -2.31. The quantitative estimate of drug-likeness (QED) is 0.587. The van der Waals surface area contributed by atoms with Crippen LogP contribution in [0.15, 0.2) is 54.6 Å². The summed E-state index contributed by atoms with van der Waals surface area (Å²) in [4.78, 5) is 27.3. The van der Waals surface area contributed by atoms with Crippen molar-refractivity contribution in [3.63, 3.8) is 0 Å². The van der Waals surface area contributed by atoms with Gasteiger partial charge in [0.25, 0.3) is 0 Å². The van der Waals surface area contributed by atoms with Gasteiger partial charge in [-0.05, 0) is 36.6 Å². The second-order valence-corrected chi connectivity index (χ2v) is 9.98. The fourth-order valence-electron chi connectivity index (χ4n) is 3.06. The molecule has 174 valence electrons. The van der Waals surface area contributed by atoms with Gasteiger partial charge in [-0.1, -0.05) is 50.2 Å². The predicted molar refractivity (Wildman–Crippen MR) is 123 cm³/mol. The molecule has 0 aliphatic rings. The SMILES string of the molecule is CC(C)CNC(=O)[C@H](C)N(Cc1ccccc1)C(=O)CN(c1cccc(F)c1)S(C)(=O)=O. The van der Waals surface area contributed by atoms with E-state index in [1.54, 1.807) is 6.92 Å². The third-order valence-corrected chi connectivity index (χ3v) is 5.96. The van der Waals surface area contributed by atoms with E-state index in [1.807, 2.05) is 44.2 Å². The first kappa shape index (κ1) is 25.3. The molecule has 0 aromatic heterocycles. The van der Waals surface area contributed by atoms with E-state index in [-0.39, 0.29) is 24.1 Å². The topological polar surface area (TPSA) is 86.8 Å². The molecule has 2 aromatic rings. The van der Waals surface area contributed by atoms with Gasteiger partial charge in [0.15, 0.2) is 0 Å². The normalized spacial score (nSPS) is 12.3. The molecule has 9 heteroatoms. The van der Waals surface area contributed by atoms with Crippen molar-refractivity contribution in [2.45, 2.75) is 33.4 Å². The maximum atomic E-state index is 13.7. The van der Waals surface area contributed by atoms with E-state index in [2.05, 4.69) is 5.32 Å². The molecule has 0 saturated heterocycles. The van der Waals surface area contributed by atoms with Crippen molar-refractivity contribution in [2.24, 2.45) is 5.92 Å². The summed E-state index contributed by atoms with van der Waals surface area (Å²) in [6, 6.07) is 13.3. The minimum absolute atomic E-state index is 0.0393. The number of amides is 2. The number of nitrogens with zero attached hydrogens (tertiary/aromatic N) is 2. The lowest BCUT2D eigenvalue weighted by Crippen LogP contribution is -2.51. The van der Waals surface area contributed by atoms with E-state index in [9.17, 15) is 22.4 Å². The highest BCUT2D eigenvalue weighted by atomic mass is 32.2. The van der Waals surface area contributed by atoms with E-state index >= 15 is 0 Å². The summed E-state index contributed by atoms with van der Waals surface area (Å²) in [5.41, 5.74) is 0.832. The molecule has 1 N–H and O–H groups in total. The first-order valence-electron chi connectivity index (χ1n) is 10.3. The molecule has 0 aliphatic carbocycles. The molecule has 0 saturated carbocycles. The van der Waals surface area contributed by atoms with Crippen molar-refractivity contribution >= 4 is 27.5 Å². The van der Waals surface area contributed by atoms with Crippen molar-refractivity contribution in [1.29, 1.82) is 0 Å². The molecule has 0 aliphatic heterocycles. The Hall–Kier alpha value is -2.94. The van der Waals surface area contributed by atoms with Crippen LogP contribution in [0.25, 0.3) is 0 Å². The van der Waals surface area contributed by atoms with E-state index in [1.165, 1.54) is 23.1 Å². The highest BCUT2D eigenvalue weighted by Crippen LogP contribution is 2.20. The average Bonchev–Trinajstić information content (AvgIpc) is 2.73. The van der Waals surface area contributed by atoms with E-state index in [0.717, 1.165) is 22.2 Å². The largest absolute Gasteiger partial charge is 0.354 e. The third kappa shape index (κ3) is 7.33. The number of rotatable bonds is 10. The maximum absolute atomic E-state index is 13.7. The van der Waals surface area contributed by atoms with Gasteiger partial charge in [-0.25, -0.2) is 12.8 Å². The first-order chi connectivity index (χ1) is 15.0. The number of sulfonamides is 1. The predicted octanol–water partition coefficient (Wildman–Crippen LogP) is 2.78. The molecule has 2 aromatic carbocycles. The van der Waals surface area contributed by atoms with Gasteiger partial charge in [-0.15, -0.1) is 0 Å². The van der Waals surface area contributed by atoms with Crippen LogP contribution in [0.3, 0.4) is 0 Å². The Bertz CT molecular complexity index is 1030. The molecule has 0 heterocycles. The van der Waals surface area contributed by atoms with Crippen LogP contribution in [-0.2, 0) is 26.2 Å². The molecule has 1 atom stereocenters. The Kier molecular flexibility index (Phi) is 8.77. The number of halogens is 1. The van der Waals surface area contributed by atoms with Crippen LogP contribution in [0.1, 0.15) is 26.3 Å². The van der Waals surface area contributed by atoms with Gasteiger partial charge in [0.1, 0.15) is 18.4 Å². The fraction of sp³-hybridized carbons (Fsp3) is 0.391. The van der Waals surface area contributed by atoms with Gasteiger partial charge in [0, 0.05) is 13.1 Å². The van der Waals surface area contributed by atoms with Crippen molar-refractivity contribution in [3.05, 3.63) is 66.0 Å². The number of carbonyl (C=O) groups is 2. The average molecular weight is 464 g/mol. The summed E-state index contributed by atoms with van der Waals surface area (Å²) >= 11 is 0. The Morgan fingerprint density at radius 2 is 1.69 bits per heavy atom. The van der Waals surface area contributed by atoms with Gasteiger partial charge in [-0.3, -0.25) is 13.9 Å². The van der Waals surface area contributed by atoms with Crippen LogP contribution in [0, 0.1) is 11.7 Å². The molecule has 0 unspecified atom stereocenters. The number of hydrogen-bond acceptors (Lipinski definition) is 4. The standard InChI is InChI=1S/C23H30FN3O4S/c1-17(2)14-25-23(29)18(3)26(15-19-9-6-5-7-10-19)22(28)16-27(32(4,30)31)21-12-8-11-20(24)13-21/h5-13,17-18H,14-16H2,1-4H3,(H,25,29)/t18-/m0/s1. The van der Waals surface area contributed by atoms with Crippen LogP contribution in [0.2, 0.25) is 0 Å². The molecule has 2 rings (SSSR count). The lowest BCUT2D eigenvalue weighted by atomic mass is 10.1. The monoisotopic (exact) mass is 463 g/mol. The van der Waals surface area contributed by atoms with Crippen LogP contribution >= 0.6 is 0 Å². The van der Waals surface area contributed by atoms with E-state index in [0.29, 0.717) is 6.54 Å². The molecule has 0 bridgehead atoms. The molecular formula is C23H30FN3O4S. The smallest absolute Gasteiger partial charge is 0.244 e. The first-order valence-corrected chi connectivity index (χ1v) is 12.2. The van der Waals surface area contributed by atoms with Crippen molar-refractivity contribution < 1.29 is 22.4 Å². The summed E-state index contributed by atoms with van der Waals surface area (Å²) in [5, 5.41) is 2.81. The zero-order chi connectivity index (χ0) is 23.9. The Morgan fingerprint density at radius 1 is 1.03 bits per heavy atom. The summed E-state index contributed by atoms with van der Waals surface area (Å²) < 4.78 is 39.3. The van der Waals surface area contributed by atoms with Crippen molar-refractivity contribution in [3.8, 4) is 0 Å². The zero-order valence-corrected chi connectivity index (χ0v) is 19.6. The van der Waals surface area contributed by atoms with Crippen LogP contribution in [0.5, 0.6) is 0 Å². The minimum Gasteiger partial charge on any atom is -0.354 e. The molecule has 32 heavy (non-hydrogen) atoms. The Labute approximate surface area is 189 Å². The van der Waals surface area contributed by atoms with Crippen LogP contribution in [0.4, 0.5) is 10.1 Å². The second-order valence-electron chi connectivity index (χ2n) is 8.07. The summed E-state index contributed by atoms with van der Waals surface area (Å²) in [5.74, 6) is -1.29. The van der Waals surface area contributed by atoms with Gasteiger partial charge in [-0.2, -0.15) is 0 Å². The lowest BCUT2D eigenvalue weighted by molar-refractivity contribution is -0.139.